The van der Waals surface area contributed by atoms with Gasteiger partial charge in [0.15, 0.2) is 5.11 Å². The molecule has 0 atom stereocenters. The van der Waals surface area contributed by atoms with Crippen LogP contribution in [0.25, 0.3) is 0 Å². The third-order valence-corrected chi connectivity index (χ3v) is 2.93. The van der Waals surface area contributed by atoms with Crippen molar-refractivity contribution in [2.45, 2.75) is 0 Å². The van der Waals surface area contributed by atoms with Gasteiger partial charge < -0.3 is 10.7 Å². The number of hydrazine groups is 1. The minimum Gasteiger partial charge on any atom is -0.330 e. The van der Waals surface area contributed by atoms with E-state index in [1.807, 2.05) is 0 Å². The van der Waals surface area contributed by atoms with Gasteiger partial charge in [0.1, 0.15) is 0 Å². The Labute approximate surface area is 101 Å². The van der Waals surface area contributed by atoms with Crippen LogP contribution in [0.1, 0.15) is 0 Å². The maximum Gasteiger partial charge on any atom is 0.185 e. The first kappa shape index (κ1) is 11.8. The summed E-state index contributed by atoms with van der Waals surface area (Å²) in [5.74, 6) is 5.08. The topological polar surface area (TPSA) is 50.1 Å². The van der Waals surface area contributed by atoms with E-state index >= 15 is 0 Å². The first-order chi connectivity index (χ1) is 6.56. The van der Waals surface area contributed by atoms with Crippen LogP contribution in [-0.4, -0.2) is 5.11 Å². The molecule has 3 nitrogen and oxygen atoms in total. The summed E-state index contributed by atoms with van der Waals surface area (Å²) < 4.78 is 0. The second kappa shape index (κ2) is 5.00. The molecule has 0 saturated heterocycles. The number of anilines is 1. The lowest BCUT2D eigenvalue weighted by Crippen LogP contribution is -2.34. The van der Waals surface area contributed by atoms with Crippen molar-refractivity contribution in [3.8, 4) is 0 Å². The van der Waals surface area contributed by atoms with Gasteiger partial charge in [0.05, 0.1) is 20.8 Å². The van der Waals surface area contributed by atoms with Gasteiger partial charge >= 0.3 is 0 Å². The van der Waals surface area contributed by atoms with Gasteiger partial charge in [0.25, 0.3) is 0 Å². The molecule has 7 heteroatoms. The summed E-state index contributed by atoms with van der Waals surface area (Å²) in [5.41, 5.74) is 2.81. The maximum absolute atomic E-state index is 5.89. The molecule has 0 amide bonds. The smallest absolute Gasteiger partial charge is 0.185 e. The Kier molecular flexibility index (Phi) is 4.22. The second-order valence-corrected chi connectivity index (χ2v) is 3.89. The van der Waals surface area contributed by atoms with Crippen molar-refractivity contribution in [2.75, 3.05) is 5.32 Å². The third kappa shape index (κ3) is 2.62. The molecule has 0 aliphatic rings. The molecule has 0 spiro atoms. The van der Waals surface area contributed by atoms with Crippen molar-refractivity contribution in [1.82, 2.24) is 5.43 Å². The van der Waals surface area contributed by atoms with E-state index < -0.39 is 0 Å². The summed E-state index contributed by atoms with van der Waals surface area (Å²) in [4.78, 5) is 0. The Morgan fingerprint density at radius 3 is 2.43 bits per heavy atom. The summed E-state index contributed by atoms with van der Waals surface area (Å²) >= 11 is 22.2. The Morgan fingerprint density at radius 2 is 1.86 bits per heavy atom. The fourth-order valence-corrected chi connectivity index (χ4v) is 1.47. The van der Waals surface area contributed by atoms with Crippen LogP contribution in [0.15, 0.2) is 12.1 Å². The molecule has 0 aliphatic carbocycles. The minimum absolute atomic E-state index is 0.241. The van der Waals surface area contributed by atoms with E-state index in [-0.39, 0.29) is 10.1 Å². The lowest BCUT2D eigenvalue weighted by Gasteiger charge is -2.10. The predicted molar refractivity (Wildman–Crippen MR) is 65.0 cm³/mol. The highest BCUT2D eigenvalue weighted by Crippen LogP contribution is 2.35. The van der Waals surface area contributed by atoms with Crippen LogP contribution in [0.5, 0.6) is 0 Å². The molecule has 76 valence electrons. The number of hydrogen-bond acceptors (Lipinski definition) is 2. The molecule has 0 saturated carbocycles. The molecule has 1 aromatic rings. The average Bonchev–Trinajstić information content (AvgIpc) is 2.19. The standard InChI is InChI=1S/C7H6Cl3N3S/c8-3-1-2-4(6(10)5(3)9)12-7(14)13-11/h1-2H,11H2,(H2,12,13,14). The quantitative estimate of drug-likeness (QED) is 0.318. The fourth-order valence-electron chi connectivity index (χ4n) is 0.781. The van der Waals surface area contributed by atoms with Gasteiger partial charge in [0, 0.05) is 0 Å². The molecule has 0 aromatic heterocycles. The third-order valence-electron chi connectivity index (χ3n) is 1.41. The van der Waals surface area contributed by atoms with Crippen LogP contribution in [0.2, 0.25) is 15.1 Å². The normalized spacial score (nSPS) is 9.71. The van der Waals surface area contributed by atoms with Gasteiger partial charge in [-0.3, -0.25) is 0 Å². The molecular weight excluding hydrogens is 265 g/mol. The highest BCUT2D eigenvalue weighted by atomic mass is 35.5. The van der Waals surface area contributed by atoms with Gasteiger partial charge in [-0.25, -0.2) is 5.84 Å². The zero-order chi connectivity index (χ0) is 10.7. The Bertz CT molecular complexity index is 369. The summed E-state index contributed by atoms with van der Waals surface area (Å²) in [5, 5.41) is 3.95. The van der Waals surface area contributed by atoms with Gasteiger partial charge in [-0.05, 0) is 24.4 Å². The van der Waals surface area contributed by atoms with Gasteiger partial charge in [0.2, 0.25) is 0 Å². The molecule has 0 aliphatic heterocycles. The van der Waals surface area contributed by atoms with Gasteiger partial charge in [-0.15, -0.1) is 0 Å². The molecule has 14 heavy (non-hydrogen) atoms. The number of thiocarbonyl (C=S) groups is 1. The van der Waals surface area contributed by atoms with Crippen molar-refractivity contribution in [3.63, 3.8) is 0 Å². The molecule has 0 heterocycles. The first-order valence-electron chi connectivity index (χ1n) is 3.47. The van der Waals surface area contributed by atoms with E-state index in [0.29, 0.717) is 15.7 Å². The summed E-state index contributed by atoms with van der Waals surface area (Å²) in [6.45, 7) is 0. The molecule has 1 aromatic carbocycles. The van der Waals surface area contributed by atoms with Crippen molar-refractivity contribution < 1.29 is 0 Å². The van der Waals surface area contributed by atoms with E-state index in [2.05, 4.69) is 10.7 Å². The highest BCUT2D eigenvalue weighted by Gasteiger charge is 2.08. The lowest BCUT2D eigenvalue weighted by atomic mass is 10.3. The first-order valence-corrected chi connectivity index (χ1v) is 5.01. The Hall–Kier alpha value is -0.260. The average molecular weight is 271 g/mol. The highest BCUT2D eigenvalue weighted by molar-refractivity contribution is 7.80. The lowest BCUT2D eigenvalue weighted by molar-refractivity contribution is 1.04. The SMILES string of the molecule is NNC(=S)Nc1ccc(Cl)c(Cl)c1Cl. The number of rotatable bonds is 1. The van der Waals surface area contributed by atoms with E-state index in [0.717, 1.165) is 0 Å². The van der Waals surface area contributed by atoms with E-state index in [4.69, 9.17) is 52.9 Å². The van der Waals surface area contributed by atoms with Crippen molar-refractivity contribution in [3.05, 3.63) is 27.2 Å². The number of halogens is 3. The molecule has 0 bridgehead atoms. The predicted octanol–water partition coefficient (Wildman–Crippen LogP) is 2.81. The van der Waals surface area contributed by atoms with Gasteiger partial charge in [-0.2, -0.15) is 0 Å². The van der Waals surface area contributed by atoms with E-state index in [1.165, 1.54) is 0 Å². The zero-order valence-corrected chi connectivity index (χ0v) is 9.86. The van der Waals surface area contributed by atoms with Crippen LogP contribution in [-0.2, 0) is 0 Å². The molecule has 0 radical (unpaired) electrons. The Morgan fingerprint density at radius 1 is 1.21 bits per heavy atom. The fraction of sp³-hybridized carbons (Fsp3) is 0. The monoisotopic (exact) mass is 269 g/mol. The number of nitrogens with two attached hydrogens (primary N) is 1. The number of hydrogen-bond donors (Lipinski definition) is 3. The van der Waals surface area contributed by atoms with Crippen LogP contribution >= 0.6 is 47.0 Å². The van der Waals surface area contributed by atoms with Crippen LogP contribution in [0.3, 0.4) is 0 Å². The summed E-state index contributed by atoms with van der Waals surface area (Å²) in [6.07, 6.45) is 0. The maximum atomic E-state index is 5.89. The van der Waals surface area contributed by atoms with E-state index in [9.17, 15) is 0 Å². The van der Waals surface area contributed by atoms with E-state index in [1.54, 1.807) is 12.1 Å². The van der Waals surface area contributed by atoms with Crippen LogP contribution < -0.4 is 16.6 Å². The summed E-state index contributed by atoms with van der Waals surface area (Å²) in [7, 11) is 0. The second-order valence-electron chi connectivity index (χ2n) is 2.32. The van der Waals surface area contributed by atoms with Crippen molar-refractivity contribution in [1.29, 1.82) is 0 Å². The van der Waals surface area contributed by atoms with Crippen molar-refractivity contribution in [2.24, 2.45) is 5.84 Å². The number of benzene rings is 1. The minimum atomic E-state index is 0.241. The number of nitrogens with one attached hydrogen (secondary N) is 2. The molecule has 0 unspecified atom stereocenters. The van der Waals surface area contributed by atoms with Crippen molar-refractivity contribution >= 4 is 57.8 Å². The molecule has 4 N–H and O–H groups in total. The largest absolute Gasteiger partial charge is 0.330 e. The van der Waals surface area contributed by atoms with Crippen LogP contribution in [0, 0.1) is 0 Å². The van der Waals surface area contributed by atoms with Gasteiger partial charge in [-0.1, -0.05) is 34.8 Å². The zero-order valence-electron chi connectivity index (χ0n) is 6.77. The Balaban J connectivity index is 3.00. The van der Waals surface area contributed by atoms with Crippen LogP contribution in [0.4, 0.5) is 5.69 Å². The molecular formula is C7H6Cl3N3S. The molecule has 1 rings (SSSR count). The summed E-state index contributed by atoms with van der Waals surface area (Å²) in [6, 6.07) is 3.26. The molecule has 0 fully saturated rings.